The summed E-state index contributed by atoms with van der Waals surface area (Å²) in [5.74, 6) is 0.707. The fourth-order valence-electron chi connectivity index (χ4n) is 2.03. The molecule has 0 aliphatic heterocycles. The van der Waals surface area contributed by atoms with Crippen LogP contribution in [-0.4, -0.2) is 23.8 Å². The van der Waals surface area contributed by atoms with Gasteiger partial charge in [0.05, 0.1) is 5.60 Å². The van der Waals surface area contributed by atoms with Gasteiger partial charge in [0.2, 0.25) is 0 Å². The smallest absolute Gasteiger partial charge is 0.0688 e. The molecule has 3 unspecified atom stereocenters. The van der Waals surface area contributed by atoms with Crippen LogP contribution in [0.4, 0.5) is 0 Å². The summed E-state index contributed by atoms with van der Waals surface area (Å²) in [5, 5.41) is 10.1. The standard InChI is InChI=1S/C9H20N2O/c1-7(5-10)9(12)3-2-8(4-9)6-11/h7-8,12H,2-6,10-11H2,1H3. The third-order valence-electron chi connectivity index (χ3n) is 3.23. The number of hydrogen-bond donors (Lipinski definition) is 3. The average Bonchev–Trinajstić information content (AvgIpc) is 2.47. The largest absolute Gasteiger partial charge is 0.390 e. The molecule has 0 spiro atoms. The Labute approximate surface area is 74.1 Å². The van der Waals surface area contributed by atoms with Gasteiger partial charge in [-0.25, -0.2) is 0 Å². The summed E-state index contributed by atoms with van der Waals surface area (Å²) in [6, 6.07) is 0. The van der Waals surface area contributed by atoms with Crippen molar-refractivity contribution in [2.75, 3.05) is 13.1 Å². The first kappa shape index (κ1) is 9.96. The zero-order chi connectivity index (χ0) is 9.19. The third-order valence-corrected chi connectivity index (χ3v) is 3.23. The Kier molecular flexibility index (Phi) is 3.09. The molecular weight excluding hydrogens is 152 g/mol. The highest BCUT2D eigenvalue weighted by molar-refractivity contribution is 4.93. The van der Waals surface area contributed by atoms with Crippen molar-refractivity contribution in [3.63, 3.8) is 0 Å². The number of nitrogens with two attached hydrogens (primary N) is 2. The van der Waals surface area contributed by atoms with Crippen LogP contribution in [0.2, 0.25) is 0 Å². The van der Waals surface area contributed by atoms with Crippen molar-refractivity contribution in [2.45, 2.75) is 31.8 Å². The van der Waals surface area contributed by atoms with E-state index in [4.69, 9.17) is 11.5 Å². The molecule has 0 radical (unpaired) electrons. The summed E-state index contributed by atoms with van der Waals surface area (Å²) in [7, 11) is 0. The van der Waals surface area contributed by atoms with Gasteiger partial charge in [0.1, 0.15) is 0 Å². The van der Waals surface area contributed by atoms with Gasteiger partial charge in [0.15, 0.2) is 0 Å². The Balaban J connectivity index is 2.51. The van der Waals surface area contributed by atoms with E-state index in [1.807, 2.05) is 6.92 Å². The highest BCUT2D eigenvalue weighted by atomic mass is 16.3. The molecule has 3 nitrogen and oxygen atoms in total. The molecule has 1 fully saturated rings. The first-order valence-electron chi connectivity index (χ1n) is 4.75. The predicted molar refractivity (Wildman–Crippen MR) is 49.6 cm³/mol. The lowest BCUT2D eigenvalue weighted by atomic mass is 9.86. The Bertz CT molecular complexity index is 151. The Hall–Kier alpha value is -0.120. The van der Waals surface area contributed by atoms with E-state index >= 15 is 0 Å². The van der Waals surface area contributed by atoms with Gasteiger partial charge in [-0.05, 0) is 44.2 Å². The Morgan fingerprint density at radius 2 is 2.25 bits per heavy atom. The third kappa shape index (κ3) is 1.79. The van der Waals surface area contributed by atoms with Crippen LogP contribution >= 0.6 is 0 Å². The normalized spacial score (nSPS) is 38.5. The van der Waals surface area contributed by atoms with Gasteiger partial charge in [0, 0.05) is 0 Å². The van der Waals surface area contributed by atoms with E-state index in [9.17, 15) is 5.11 Å². The topological polar surface area (TPSA) is 72.3 Å². The SMILES string of the molecule is CC(CN)C1(O)CCC(CN)C1. The van der Waals surface area contributed by atoms with Gasteiger partial charge in [-0.1, -0.05) is 6.92 Å². The van der Waals surface area contributed by atoms with Crippen molar-refractivity contribution in [2.24, 2.45) is 23.3 Å². The van der Waals surface area contributed by atoms with Crippen LogP contribution in [0, 0.1) is 11.8 Å². The van der Waals surface area contributed by atoms with Crippen LogP contribution in [0.25, 0.3) is 0 Å². The molecule has 0 bridgehead atoms. The van der Waals surface area contributed by atoms with Gasteiger partial charge < -0.3 is 16.6 Å². The lowest BCUT2D eigenvalue weighted by molar-refractivity contribution is -0.00500. The van der Waals surface area contributed by atoms with Crippen molar-refractivity contribution in [3.8, 4) is 0 Å². The molecule has 0 aromatic rings. The van der Waals surface area contributed by atoms with E-state index < -0.39 is 5.60 Å². The van der Waals surface area contributed by atoms with Crippen LogP contribution < -0.4 is 11.5 Å². The second kappa shape index (κ2) is 3.73. The van der Waals surface area contributed by atoms with Crippen LogP contribution in [0.3, 0.4) is 0 Å². The first-order valence-corrected chi connectivity index (χ1v) is 4.75. The summed E-state index contributed by atoms with van der Waals surface area (Å²) < 4.78 is 0. The maximum Gasteiger partial charge on any atom is 0.0688 e. The van der Waals surface area contributed by atoms with Crippen molar-refractivity contribution < 1.29 is 5.11 Å². The van der Waals surface area contributed by atoms with Gasteiger partial charge in [-0.2, -0.15) is 0 Å². The average molecular weight is 172 g/mol. The molecule has 0 aromatic carbocycles. The molecule has 1 aliphatic carbocycles. The van der Waals surface area contributed by atoms with E-state index in [1.54, 1.807) is 0 Å². The van der Waals surface area contributed by atoms with E-state index in [-0.39, 0.29) is 5.92 Å². The predicted octanol–water partition coefficient (Wildman–Crippen LogP) is 0.0711. The maximum absolute atomic E-state index is 10.1. The molecule has 5 N–H and O–H groups in total. The second-order valence-corrected chi connectivity index (χ2v) is 4.08. The second-order valence-electron chi connectivity index (χ2n) is 4.08. The molecule has 1 rings (SSSR count). The van der Waals surface area contributed by atoms with Crippen LogP contribution in [0.5, 0.6) is 0 Å². The molecule has 12 heavy (non-hydrogen) atoms. The van der Waals surface area contributed by atoms with Crippen molar-refractivity contribution >= 4 is 0 Å². The first-order chi connectivity index (χ1) is 5.62. The van der Waals surface area contributed by atoms with E-state index in [1.165, 1.54) is 0 Å². The van der Waals surface area contributed by atoms with E-state index in [0.717, 1.165) is 19.3 Å². The minimum atomic E-state index is -0.529. The molecule has 1 aliphatic rings. The van der Waals surface area contributed by atoms with Crippen LogP contribution in [0.15, 0.2) is 0 Å². The minimum absolute atomic E-state index is 0.203. The monoisotopic (exact) mass is 172 g/mol. The van der Waals surface area contributed by atoms with Gasteiger partial charge in [-0.15, -0.1) is 0 Å². The fraction of sp³-hybridized carbons (Fsp3) is 1.00. The zero-order valence-corrected chi connectivity index (χ0v) is 7.79. The minimum Gasteiger partial charge on any atom is -0.390 e. The van der Waals surface area contributed by atoms with Crippen LogP contribution in [-0.2, 0) is 0 Å². The van der Waals surface area contributed by atoms with Gasteiger partial charge >= 0.3 is 0 Å². The molecule has 3 heteroatoms. The maximum atomic E-state index is 10.1. The quantitative estimate of drug-likeness (QED) is 0.564. The highest BCUT2D eigenvalue weighted by Gasteiger charge is 2.40. The number of rotatable bonds is 3. The summed E-state index contributed by atoms with van der Waals surface area (Å²) in [6.45, 7) is 3.27. The fourth-order valence-corrected chi connectivity index (χ4v) is 2.03. The number of aliphatic hydroxyl groups is 1. The van der Waals surface area contributed by atoms with Gasteiger partial charge in [-0.3, -0.25) is 0 Å². The lowest BCUT2D eigenvalue weighted by Gasteiger charge is -2.29. The molecule has 1 saturated carbocycles. The van der Waals surface area contributed by atoms with Crippen molar-refractivity contribution in [1.82, 2.24) is 0 Å². The summed E-state index contributed by atoms with van der Waals surface area (Å²) >= 11 is 0. The van der Waals surface area contributed by atoms with Crippen molar-refractivity contribution in [3.05, 3.63) is 0 Å². The molecule has 0 amide bonds. The summed E-state index contributed by atoms with van der Waals surface area (Å²) in [4.78, 5) is 0. The lowest BCUT2D eigenvalue weighted by Crippen LogP contribution is -2.38. The van der Waals surface area contributed by atoms with E-state index in [0.29, 0.717) is 19.0 Å². The molecule has 3 atom stereocenters. The summed E-state index contributed by atoms with van der Waals surface area (Å²) in [6.07, 6.45) is 2.76. The zero-order valence-electron chi connectivity index (χ0n) is 7.79. The number of hydrogen-bond acceptors (Lipinski definition) is 3. The Morgan fingerprint density at radius 3 is 2.67 bits per heavy atom. The molecule has 0 saturated heterocycles. The van der Waals surface area contributed by atoms with Crippen molar-refractivity contribution in [1.29, 1.82) is 0 Å². The van der Waals surface area contributed by atoms with Gasteiger partial charge in [0.25, 0.3) is 0 Å². The Morgan fingerprint density at radius 1 is 1.58 bits per heavy atom. The molecule has 0 heterocycles. The summed E-state index contributed by atoms with van der Waals surface area (Å²) in [5.41, 5.74) is 10.6. The van der Waals surface area contributed by atoms with E-state index in [2.05, 4.69) is 0 Å². The molecule has 72 valence electrons. The molecule has 0 aromatic heterocycles. The van der Waals surface area contributed by atoms with Crippen LogP contribution in [0.1, 0.15) is 26.2 Å². The highest BCUT2D eigenvalue weighted by Crippen LogP contribution is 2.38. The molecular formula is C9H20N2O.